The van der Waals surface area contributed by atoms with Crippen LogP contribution >= 0.6 is 0 Å². The Bertz CT molecular complexity index is 1030. The van der Waals surface area contributed by atoms with Crippen LogP contribution in [0.5, 0.6) is 11.6 Å². The standard InChI is InChI=1S/C19H16F3N5O2/c20-19(21,22)16-5-6-17(26-25-16)29-13-2-4-14-12(11-13)1-3-15(24-14)18(28)27-9-7-23-8-10-27/h1-6,11,23H,7-10H2. The lowest BCUT2D eigenvalue weighted by atomic mass is 10.2. The van der Waals surface area contributed by atoms with Crippen molar-refractivity contribution in [3.63, 3.8) is 0 Å². The summed E-state index contributed by atoms with van der Waals surface area (Å²) in [7, 11) is 0. The Morgan fingerprint density at radius 1 is 1.03 bits per heavy atom. The molecule has 0 atom stereocenters. The highest BCUT2D eigenvalue weighted by molar-refractivity contribution is 5.95. The van der Waals surface area contributed by atoms with E-state index in [2.05, 4.69) is 20.5 Å². The fourth-order valence-corrected chi connectivity index (χ4v) is 2.96. The van der Waals surface area contributed by atoms with Gasteiger partial charge in [-0.1, -0.05) is 6.07 Å². The van der Waals surface area contributed by atoms with Crippen molar-refractivity contribution in [2.75, 3.05) is 26.2 Å². The van der Waals surface area contributed by atoms with Crippen molar-refractivity contribution in [2.45, 2.75) is 6.18 Å². The van der Waals surface area contributed by atoms with E-state index in [9.17, 15) is 18.0 Å². The van der Waals surface area contributed by atoms with Gasteiger partial charge < -0.3 is 15.0 Å². The molecule has 3 heterocycles. The number of pyridine rings is 1. The normalized spacial score (nSPS) is 14.8. The molecule has 0 radical (unpaired) electrons. The van der Waals surface area contributed by atoms with E-state index < -0.39 is 11.9 Å². The molecular weight excluding hydrogens is 387 g/mol. The number of amides is 1. The van der Waals surface area contributed by atoms with Crippen LogP contribution in [0.25, 0.3) is 10.9 Å². The first-order valence-electron chi connectivity index (χ1n) is 8.90. The highest BCUT2D eigenvalue weighted by atomic mass is 19.4. The second-order valence-corrected chi connectivity index (χ2v) is 6.45. The summed E-state index contributed by atoms with van der Waals surface area (Å²) < 4.78 is 43.1. The van der Waals surface area contributed by atoms with E-state index in [1.165, 1.54) is 0 Å². The van der Waals surface area contributed by atoms with E-state index in [0.29, 0.717) is 30.0 Å². The van der Waals surface area contributed by atoms with Crippen molar-refractivity contribution in [3.8, 4) is 11.6 Å². The van der Waals surface area contributed by atoms with E-state index in [1.807, 2.05) is 0 Å². The van der Waals surface area contributed by atoms with Gasteiger partial charge in [-0.05, 0) is 30.3 Å². The molecule has 2 aromatic heterocycles. The number of piperazine rings is 1. The number of nitrogens with one attached hydrogen (secondary N) is 1. The Balaban J connectivity index is 1.51. The van der Waals surface area contributed by atoms with Crippen molar-refractivity contribution in [2.24, 2.45) is 0 Å². The smallest absolute Gasteiger partial charge is 0.435 e. The molecule has 1 N–H and O–H groups in total. The van der Waals surface area contributed by atoms with Gasteiger partial charge in [0.05, 0.1) is 5.52 Å². The molecule has 1 saturated heterocycles. The number of aromatic nitrogens is 3. The molecule has 1 amide bonds. The maximum atomic E-state index is 12.6. The van der Waals surface area contributed by atoms with Crippen LogP contribution in [-0.2, 0) is 6.18 Å². The largest absolute Gasteiger partial charge is 0.438 e. The third-order valence-electron chi connectivity index (χ3n) is 4.44. The predicted molar refractivity (Wildman–Crippen MR) is 97.6 cm³/mol. The summed E-state index contributed by atoms with van der Waals surface area (Å²) in [5.41, 5.74) is -0.118. The third-order valence-corrected chi connectivity index (χ3v) is 4.44. The molecule has 1 aromatic carbocycles. The zero-order chi connectivity index (χ0) is 20.4. The minimum atomic E-state index is -4.56. The highest BCUT2D eigenvalue weighted by Gasteiger charge is 2.33. The highest BCUT2D eigenvalue weighted by Crippen LogP contribution is 2.29. The number of rotatable bonds is 3. The summed E-state index contributed by atoms with van der Waals surface area (Å²) in [6.07, 6.45) is -4.56. The maximum Gasteiger partial charge on any atom is 0.435 e. The number of benzene rings is 1. The molecular formula is C19H16F3N5O2. The zero-order valence-corrected chi connectivity index (χ0v) is 15.1. The third kappa shape index (κ3) is 4.27. The monoisotopic (exact) mass is 403 g/mol. The van der Waals surface area contributed by atoms with Crippen LogP contribution in [0.15, 0.2) is 42.5 Å². The molecule has 1 fully saturated rings. The van der Waals surface area contributed by atoms with Crippen molar-refractivity contribution in [1.82, 2.24) is 25.4 Å². The average molecular weight is 403 g/mol. The van der Waals surface area contributed by atoms with Gasteiger partial charge in [-0.25, -0.2) is 4.98 Å². The topological polar surface area (TPSA) is 80.2 Å². The van der Waals surface area contributed by atoms with E-state index in [4.69, 9.17) is 4.74 Å². The van der Waals surface area contributed by atoms with E-state index >= 15 is 0 Å². The second-order valence-electron chi connectivity index (χ2n) is 6.45. The van der Waals surface area contributed by atoms with Crippen LogP contribution in [0.1, 0.15) is 16.2 Å². The molecule has 0 spiro atoms. The predicted octanol–water partition coefficient (Wildman–Crippen LogP) is 2.88. The second kappa shape index (κ2) is 7.63. The minimum absolute atomic E-state index is 0.0594. The molecule has 10 heteroatoms. The number of alkyl halides is 3. The van der Waals surface area contributed by atoms with Gasteiger partial charge in [0.15, 0.2) is 5.69 Å². The summed E-state index contributed by atoms with van der Waals surface area (Å²) in [6.45, 7) is 2.79. The summed E-state index contributed by atoms with van der Waals surface area (Å²) in [6, 6.07) is 10.3. The van der Waals surface area contributed by atoms with Crippen LogP contribution < -0.4 is 10.1 Å². The number of carbonyl (C=O) groups excluding carboxylic acids is 1. The summed E-state index contributed by atoms with van der Waals surface area (Å²) in [5, 5.41) is 10.5. The number of halogens is 3. The lowest BCUT2D eigenvalue weighted by molar-refractivity contribution is -0.141. The van der Waals surface area contributed by atoms with Crippen molar-refractivity contribution in [1.29, 1.82) is 0 Å². The molecule has 29 heavy (non-hydrogen) atoms. The van der Waals surface area contributed by atoms with E-state index in [0.717, 1.165) is 30.6 Å². The van der Waals surface area contributed by atoms with E-state index in [1.54, 1.807) is 35.2 Å². The van der Waals surface area contributed by atoms with Gasteiger partial charge in [0.1, 0.15) is 11.4 Å². The van der Waals surface area contributed by atoms with Crippen molar-refractivity contribution in [3.05, 3.63) is 53.9 Å². The van der Waals surface area contributed by atoms with Crippen LogP contribution in [0.4, 0.5) is 13.2 Å². The summed E-state index contributed by atoms with van der Waals surface area (Å²) in [4.78, 5) is 18.7. The average Bonchev–Trinajstić information content (AvgIpc) is 2.73. The molecule has 0 aliphatic carbocycles. The molecule has 0 saturated carbocycles. The first-order chi connectivity index (χ1) is 13.9. The van der Waals surface area contributed by atoms with Crippen LogP contribution in [0.3, 0.4) is 0 Å². The van der Waals surface area contributed by atoms with Crippen molar-refractivity contribution < 1.29 is 22.7 Å². The number of hydrogen-bond acceptors (Lipinski definition) is 6. The lowest BCUT2D eigenvalue weighted by Gasteiger charge is -2.27. The van der Waals surface area contributed by atoms with Gasteiger partial charge in [0.25, 0.3) is 5.91 Å². The zero-order valence-electron chi connectivity index (χ0n) is 15.1. The summed E-state index contributed by atoms with van der Waals surface area (Å²) in [5.74, 6) is 0.194. The molecule has 0 bridgehead atoms. The first-order valence-corrected chi connectivity index (χ1v) is 8.90. The molecule has 150 valence electrons. The van der Waals surface area contributed by atoms with Gasteiger partial charge in [-0.3, -0.25) is 4.79 Å². The maximum absolute atomic E-state index is 12.6. The van der Waals surface area contributed by atoms with Gasteiger partial charge in [-0.2, -0.15) is 13.2 Å². The fraction of sp³-hybridized carbons (Fsp3) is 0.263. The summed E-state index contributed by atoms with van der Waals surface area (Å²) >= 11 is 0. The number of nitrogens with zero attached hydrogens (tertiary/aromatic N) is 4. The molecule has 1 aliphatic heterocycles. The molecule has 0 unspecified atom stereocenters. The van der Waals surface area contributed by atoms with Crippen LogP contribution in [-0.4, -0.2) is 52.2 Å². The fourth-order valence-electron chi connectivity index (χ4n) is 2.96. The van der Waals surface area contributed by atoms with Gasteiger partial charge in [0.2, 0.25) is 5.88 Å². The Labute approximate surface area is 163 Å². The van der Waals surface area contributed by atoms with Gasteiger partial charge >= 0.3 is 6.18 Å². The Morgan fingerprint density at radius 3 is 2.52 bits per heavy atom. The quantitative estimate of drug-likeness (QED) is 0.725. The molecule has 4 rings (SSSR count). The van der Waals surface area contributed by atoms with Crippen LogP contribution in [0, 0.1) is 0 Å². The molecule has 7 nitrogen and oxygen atoms in total. The lowest BCUT2D eigenvalue weighted by Crippen LogP contribution is -2.46. The Morgan fingerprint density at radius 2 is 1.83 bits per heavy atom. The number of ether oxygens (including phenoxy) is 1. The molecule has 1 aliphatic rings. The van der Waals surface area contributed by atoms with Gasteiger partial charge in [0, 0.05) is 37.6 Å². The first kappa shape index (κ1) is 19.1. The number of hydrogen-bond donors (Lipinski definition) is 1. The number of fused-ring (bicyclic) bond motifs is 1. The molecule has 3 aromatic rings. The number of carbonyl (C=O) groups is 1. The van der Waals surface area contributed by atoms with Gasteiger partial charge in [-0.15, -0.1) is 10.2 Å². The van der Waals surface area contributed by atoms with Crippen molar-refractivity contribution >= 4 is 16.8 Å². The minimum Gasteiger partial charge on any atom is -0.438 e. The van der Waals surface area contributed by atoms with E-state index in [-0.39, 0.29) is 11.8 Å². The Hall–Kier alpha value is -3.27. The van der Waals surface area contributed by atoms with Crippen LogP contribution in [0.2, 0.25) is 0 Å². The SMILES string of the molecule is O=C(c1ccc2cc(Oc3ccc(C(F)(F)F)nn3)ccc2n1)N1CCNCC1. The Kier molecular flexibility index (Phi) is 5.01.